The van der Waals surface area contributed by atoms with Gasteiger partial charge in [0.05, 0.1) is 0 Å². The molecule has 1 rings (SSSR count). The maximum Gasteiger partial charge on any atom is 0.326 e. The lowest BCUT2D eigenvalue weighted by Gasteiger charge is -2.25. The normalized spacial score (nSPS) is 13.7. The van der Waals surface area contributed by atoms with Crippen LogP contribution < -0.4 is 16.0 Å². The number of carbonyl (C=O) groups excluding carboxylic acids is 3. The fourth-order valence-electron chi connectivity index (χ4n) is 2.91. The highest BCUT2D eigenvalue weighted by Gasteiger charge is 2.29. The van der Waals surface area contributed by atoms with Crippen molar-refractivity contribution >= 4 is 36.0 Å². The molecule has 3 atom stereocenters. The zero-order valence-corrected chi connectivity index (χ0v) is 18.7. The molecule has 3 amide bonds. The number of halogens is 1. The first-order valence-corrected chi connectivity index (χ1v) is 11.3. The van der Waals surface area contributed by atoms with E-state index in [1.807, 2.05) is 20.1 Å². The average Bonchev–Trinajstić information content (AvgIpc) is 2.71. The van der Waals surface area contributed by atoms with Gasteiger partial charge < -0.3 is 21.1 Å². The third-order valence-corrected chi connectivity index (χ3v) is 5.15. The first kappa shape index (κ1) is 26.4. The van der Waals surface area contributed by atoms with Crippen molar-refractivity contribution in [2.75, 3.05) is 12.0 Å². The molecule has 8 nitrogen and oxygen atoms in total. The monoisotopic (exact) mass is 455 g/mol. The van der Waals surface area contributed by atoms with Gasteiger partial charge in [0.2, 0.25) is 18.2 Å². The molecule has 0 spiro atoms. The standard InChI is InChI=1S/C21H30FN3O5S/c1-13(2)10-17(24-19(27)16(23-12-26)8-9-31-3)20(28)25-18(21(29)30)11-14-4-6-15(22)7-5-14/h4-7,12-13,16-18H,8-11H2,1-3H3,(H,23,26)(H,24,27)(H,25,28)(H,29,30). The van der Waals surface area contributed by atoms with Crippen LogP contribution >= 0.6 is 11.8 Å². The molecule has 31 heavy (non-hydrogen) atoms. The summed E-state index contributed by atoms with van der Waals surface area (Å²) >= 11 is 1.52. The number of nitrogens with one attached hydrogen (secondary N) is 3. The van der Waals surface area contributed by atoms with E-state index in [-0.39, 0.29) is 18.8 Å². The lowest BCUT2D eigenvalue weighted by molar-refractivity contribution is -0.142. The van der Waals surface area contributed by atoms with E-state index in [1.165, 1.54) is 36.0 Å². The van der Waals surface area contributed by atoms with Gasteiger partial charge in [-0.2, -0.15) is 11.8 Å². The Morgan fingerprint density at radius 1 is 1.06 bits per heavy atom. The van der Waals surface area contributed by atoms with E-state index in [4.69, 9.17) is 0 Å². The van der Waals surface area contributed by atoms with Crippen LogP contribution in [0.5, 0.6) is 0 Å². The molecule has 0 saturated carbocycles. The Labute approximate surface area is 185 Å². The molecule has 0 aliphatic heterocycles. The first-order chi connectivity index (χ1) is 14.7. The molecule has 0 aromatic heterocycles. The number of benzene rings is 1. The van der Waals surface area contributed by atoms with Crippen molar-refractivity contribution in [2.45, 2.75) is 51.2 Å². The summed E-state index contributed by atoms with van der Waals surface area (Å²) in [5, 5.41) is 17.1. The highest BCUT2D eigenvalue weighted by molar-refractivity contribution is 7.98. The Bertz CT molecular complexity index is 745. The summed E-state index contributed by atoms with van der Waals surface area (Å²) in [6, 6.07) is 2.33. The van der Waals surface area contributed by atoms with Crippen LogP contribution in [0.2, 0.25) is 0 Å². The summed E-state index contributed by atoms with van der Waals surface area (Å²) in [5.74, 6) is -2.15. The minimum atomic E-state index is -1.25. The highest BCUT2D eigenvalue weighted by atomic mass is 32.2. The Kier molecular flexibility index (Phi) is 11.6. The van der Waals surface area contributed by atoms with Crippen LogP contribution in [-0.2, 0) is 25.6 Å². The van der Waals surface area contributed by atoms with Crippen molar-refractivity contribution < 1.29 is 28.7 Å². The third kappa shape index (κ3) is 9.82. The van der Waals surface area contributed by atoms with Crippen LogP contribution in [0.3, 0.4) is 0 Å². The lowest BCUT2D eigenvalue weighted by atomic mass is 10.0. The summed E-state index contributed by atoms with van der Waals surface area (Å²) in [4.78, 5) is 47.9. The predicted octanol–water partition coefficient (Wildman–Crippen LogP) is 1.34. The van der Waals surface area contributed by atoms with E-state index < -0.39 is 41.7 Å². The molecule has 0 heterocycles. The second-order valence-electron chi connectivity index (χ2n) is 7.54. The van der Waals surface area contributed by atoms with E-state index in [9.17, 15) is 28.7 Å². The summed E-state index contributed by atoms with van der Waals surface area (Å²) in [6.07, 6.45) is 2.96. The number of carboxylic acid groups (broad SMARTS) is 1. The zero-order chi connectivity index (χ0) is 23.4. The molecule has 1 aromatic rings. The van der Waals surface area contributed by atoms with Crippen molar-refractivity contribution in [2.24, 2.45) is 5.92 Å². The molecule has 3 unspecified atom stereocenters. The molecule has 0 bridgehead atoms. The fourth-order valence-corrected chi connectivity index (χ4v) is 3.38. The van der Waals surface area contributed by atoms with Crippen molar-refractivity contribution in [3.63, 3.8) is 0 Å². The number of amides is 3. The van der Waals surface area contributed by atoms with Crippen LogP contribution in [-0.4, -0.2) is 59.4 Å². The average molecular weight is 456 g/mol. The van der Waals surface area contributed by atoms with Crippen LogP contribution in [0.15, 0.2) is 24.3 Å². The Balaban J connectivity index is 2.90. The van der Waals surface area contributed by atoms with Crippen molar-refractivity contribution in [1.82, 2.24) is 16.0 Å². The Morgan fingerprint density at radius 3 is 2.16 bits per heavy atom. The van der Waals surface area contributed by atoms with E-state index in [1.54, 1.807) is 0 Å². The van der Waals surface area contributed by atoms with Gasteiger partial charge in [0, 0.05) is 6.42 Å². The molecule has 0 aliphatic carbocycles. The summed E-state index contributed by atoms with van der Waals surface area (Å²) in [7, 11) is 0. The minimum absolute atomic E-state index is 0.0350. The highest BCUT2D eigenvalue weighted by Crippen LogP contribution is 2.10. The van der Waals surface area contributed by atoms with Gasteiger partial charge in [0.15, 0.2) is 0 Å². The van der Waals surface area contributed by atoms with Crippen molar-refractivity contribution in [1.29, 1.82) is 0 Å². The van der Waals surface area contributed by atoms with Crippen molar-refractivity contribution in [3.05, 3.63) is 35.6 Å². The summed E-state index contributed by atoms with van der Waals surface area (Å²) < 4.78 is 13.1. The van der Waals surface area contributed by atoms with E-state index in [0.717, 1.165) is 0 Å². The number of carbonyl (C=O) groups is 4. The van der Waals surface area contributed by atoms with Crippen LogP contribution in [0.25, 0.3) is 0 Å². The molecule has 1 aromatic carbocycles. The molecule has 0 saturated heterocycles. The topological polar surface area (TPSA) is 125 Å². The molecule has 0 aliphatic rings. The largest absolute Gasteiger partial charge is 0.480 e. The number of carboxylic acids is 1. The second-order valence-corrected chi connectivity index (χ2v) is 8.52. The van der Waals surface area contributed by atoms with E-state index >= 15 is 0 Å². The molecule has 0 radical (unpaired) electrons. The van der Waals surface area contributed by atoms with Gasteiger partial charge in [-0.1, -0.05) is 26.0 Å². The Hall–Kier alpha value is -2.62. The zero-order valence-electron chi connectivity index (χ0n) is 17.9. The maximum absolute atomic E-state index is 13.1. The van der Waals surface area contributed by atoms with Crippen LogP contribution in [0, 0.1) is 11.7 Å². The lowest BCUT2D eigenvalue weighted by Crippen LogP contribution is -2.55. The number of rotatable bonds is 14. The van der Waals surface area contributed by atoms with Gasteiger partial charge in [-0.25, -0.2) is 9.18 Å². The molecular formula is C21H30FN3O5S. The van der Waals surface area contributed by atoms with Gasteiger partial charge >= 0.3 is 5.97 Å². The predicted molar refractivity (Wildman–Crippen MR) is 117 cm³/mol. The molecule has 10 heteroatoms. The molecule has 0 fully saturated rings. The van der Waals surface area contributed by atoms with Gasteiger partial charge in [-0.15, -0.1) is 0 Å². The number of thioether (sulfide) groups is 1. The van der Waals surface area contributed by atoms with Crippen LogP contribution in [0.1, 0.15) is 32.3 Å². The number of aliphatic carboxylic acids is 1. The first-order valence-electron chi connectivity index (χ1n) is 9.94. The maximum atomic E-state index is 13.1. The quantitative estimate of drug-likeness (QED) is 0.314. The molecule has 172 valence electrons. The summed E-state index contributed by atoms with van der Waals surface area (Å²) in [6.45, 7) is 3.74. The molecule has 4 N–H and O–H groups in total. The van der Waals surface area contributed by atoms with Gasteiger partial charge in [-0.05, 0) is 48.5 Å². The van der Waals surface area contributed by atoms with E-state index in [2.05, 4.69) is 16.0 Å². The van der Waals surface area contributed by atoms with Crippen molar-refractivity contribution in [3.8, 4) is 0 Å². The summed E-state index contributed by atoms with van der Waals surface area (Å²) in [5.41, 5.74) is 0.547. The smallest absolute Gasteiger partial charge is 0.326 e. The van der Waals surface area contributed by atoms with Gasteiger partial charge in [0.25, 0.3) is 0 Å². The van der Waals surface area contributed by atoms with Gasteiger partial charge in [0.1, 0.15) is 23.9 Å². The SMILES string of the molecule is CSCCC(NC=O)C(=O)NC(CC(C)C)C(=O)NC(Cc1ccc(F)cc1)C(=O)O. The fraction of sp³-hybridized carbons (Fsp3) is 0.524. The minimum Gasteiger partial charge on any atom is -0.480 e. The molecular weight excluding hydrogens is 425 g/mol. The van der Waals surface area contributed by atoms with Crippen LogP contribution in [0.4, 0.5) is 4.39 Å². The van der Waals surface area contributed by atoms with Gasteiger partial charge in [-0.3, -0.25) is 14.4 Å². The number of hydrogen-bond donors (Lipinski definition) is 4. The third-order valence-electron chi connectivity index (χ3n) is 4.50. The number of hydrogen-bond acceptors (Lipinski definition) is 5. The van der Waals surface area contributed by atoms with E-state index in [0.29, 0.717) is 24.1 Å². The second kappa shape index (κ2) is 13.6. The Morgan fingerprint density at radius 2 is 1.65 bits per heavy atom.